The molecule has 4 nitrogen and oxygen atoms in total. The Morgan fingerprint density at radius 1 is 1.43 bits per heavy atom. The zero-order chi connectivity index (χ0) is 9.97. The Kier molecular flexibility index (Phi) is 3.03. The van der Waals surface area contributed by atoms with E-state index in [1.165, 1.54) is 12.8 Å². The highest BCUT2D eigenvalue weighted by molar-refractivity contribution is 5.81. The van der Waals surface area contributed by atoms with E-state index in [1.54, 1.807) is 0 Å². The van der Waals surface area contributed by atoms with Crippen LogP contribution in [0.15, 0.2) is 0 Å². The van der Waals surface area contributed by atoms with Gasteiger partial charge in [0.15, 0.2) is 0 Å². The second-order valence-electron chi connectivity index (χ2n) is 4.36. The van der Waals surface area contributed by atoms with Crippen molar-refractivity contribution in [1.29, 1.82) is 0 Å². The van der Waals surface area contributed by atoms with E-state index in [-0.39, 0.29) is 11.9 Å². The Morgan fingerprint density at radius 3 is 2.64 bits per heavy atom. The highest BCUT2D eigenvalue weighted by atomic mass is 16.2. The molecule has 1 amide bonds. The molecule has 14 heavy (non-hydrogen) atoms. The summed E-state index contributed by atoms with van der Waals surface area (Å²) in [6.45, 7) is 3.44. The number of hydrogen-bond donors (Lipinski definition) is 2. The summed E-state index contributed by atoms with van der Waals surface area (Å²) in [6.07, 6.45) is 3.42. The molecule has 4 heteroatoms. The van der Waals surface area contributed by atoms with Gasteiger partial charge in [-0.2, -0.15) is 0 Å². The van der Waals surface area contributed by atoms with Gasteiger partial charge in [-0.15, -0.1) is 0 Å². The van der Waals surface area contributed by atoms with Gasteiger partial charge >= 0.3 is 0 Å². The summed E-state index contributed by atoms with van der Waals surface area (Å²) in [6, 6.07) is -0.249. The number of amides is 1. The van der Waals surface area contributed by atoms with E-state index < -0.39 is 0 Å². The van der Waals surface area contributed by atoms with Crippen molar-refractivity contribution in [2.45, 2.75) is 25.3 Å². The van der Waals surface area contributed by atoms with Crippen molar-refractivity contribution in [3.05, 3.63) is 0 Å². The molecule has 1 aliphatic carbocycles. The molecule has 2 aliphatic rings. The SMILES string of the molecule is N[C@@H](CC1CC1)C(=O)N1CCNCC1. The fraction of sp³-hybridized carbons (Fsp3) is 0.900. The van der Waals surface area contributed by atoms with Crippen LogP contribution >= 0.6 is 0 Å². The topological polar surface area (TPSA) is 58.4 Å². The van der Waals surface area contributed by atoms with Gasteiger partial charge in [-0.25, -0.2) is 0 Å². The maximum absolute atomic E-state index is 11.8. The predicted molar refractivity (Wildman–Crippen MR) is 54.8 cm³/mol. The number of carbonyl (C=O) groups is 1. The Balaban J connectivity index is 1.79. The van der Waals surface area contributed by atoms with Gasteiger partial charge in [0.2, 0.25) is 5.91 Å². The summed E-state index contributed by atoms with van der Waals surface area (Å²) in [5.74, 6) is 0.885. The third kappa shape index (κ3) is 2.45. The normalized spacial score (nSPS) is 24.8. The number of nitrogens with one attached hydrogen (secondary N) is 1. The lowest BCUT2D eigenvalue weighted by Gasteiger charge is -2.29. The van der Waals surface area contributed by atoms with Crippen LogP contribution in [0.1, 0.15) is 19.3 Å². The summed E-state index contributed by atoms with van der Waals surface area (Å²) in [5, 5.41) is 3.23. The van der Waals surface area contributed by atoms with Crippen LogP contribution in [0.4, 0.5) is 0 Å². The first-order valence-corrected chi connectivity index (χ1v) is 5.52. The first-order valence-electron chi connectivity index (χ1n) is 5.52. The molecule has 0 aromatic carbocycles. The molecule has 2 rings (SSSR count). The highest BCUT2D eigenvalue weighted by Crippen LogP contribution is 2.33. The molecule has 0 spiro atoms. The lowest BCUT2D eigenvalue weighted by Crippen LogP contribution is -2.51. The molecule has 0 radical (unpaired) electrons. The van der Waals surface area contributed by atoms with Gasteiger partial charge in [0.1, 0.15) is 0 Å². The van der Waals surface area contributed by atoms with Gasteiger partial charge in [0, 0.05) is 26.2 Å². The van der Waals surface area contributed by atoms with Crippen molar-refractivity contribution in [3.63, 3.8) is 0 Å². The molecule has 1 heterocycles. The Bertz CT molecular complexity index is 209. The van der Waals surface area contributed by atoms with Crippen molar-refractivity contribution in [2.75, 3.05) is 26.2 Å². The molecular formula is C10H19N3O. The second-order valence-corrected chi connectivity index (χ2v) is 4.36. The standard InChI is InChI=1S/C10H19N3O/c11-9(7-8-1-2-8)10(14)13-5-3-12-4-6-13/h8-9,12H,1-7,11H2/t9-/m0/s1. The minimum absolute atomic E-state index is 0.151. The number of hydrogen-bond acceptors (Lipinski definition) is 3. The first-order chi connectivity index (χ1) is 6.77. The molecule has 1 saturated carbocycles. The minimum Gasteiger partial charge on any atom is -0.339 e. The molecule has 0 aromatic heterocycles. The van der Waals surface area contributed by atoms with Crippen LogP contribution in [-0.2, 0) is 4.79 Å². The van der Waals surface area contributed by atoms with Crippen LogP contribution in [0.3, 0.4) is 0 Å². The van der Waals surface area contributed by atoms with Crippen molar-refractivity contribution in [1.82, 2.24) is 10.2 Å². The quantitative estimate of drug-likeness (QED) is 0.644. The Morgan fingerprint density at radius 2 is 2.07 bits per heavy atom. The van der Waals surface area contributed by atoms with Crippen LogP contribution < -0.4 is 11.1 Å². The zero-order valence-corrected chi connectivity index (χ0v) is 8.54. The smallest absolute Gasteiger partial charge is 0.239 e. The molecule has 0 bridgehead atoms. The molecule has 1 aliphatic heterocycles. The molecule has 2 fully saturated rings. The van der Waals surface area contributed by atoms with Crippen molar-refractivity contribution >= 4 is 5.91 Å². The maximum atomic E-state index is 11.8. The summed E-state index contributed by atoms with van der Waals surface area (Å²) in [5.41, 5.74) is 5.88. The minimum atomic E-state index is -0.249. The van der Waals surface area contributed by atoms with Gasteiger partial charge in [0.05, 0.1) is 6.04 Å². The molecule has 1 atom stereocenters. The van der Waals surface area contributed by atoms with Gasteiger partial charge in [0.25, 0.3) is 0 Å². The predicted octanol–water partition coefficient (Wildman–Crippen LogP) is -0.454. The van der Waals surface area contributed by atoms with Gasteiger partial charge < -0.3 is 16.0 Å². The summed E-state index contributed by atoms with van der Waals surface area (Å²) in [4.78, 5) is 13.7. The first kappa shape index (κ1) is 9.93. The average molecular weight is 197 g/mol. The number of carbonyl (C=O) groups excluding carboxylic acids is 1. The number of nitrogens with zero attached hydrogens (tertiary/aromatic N) is 1. The molecular weight excluding hydrogens is 178 g/mol. The lowest BCUT2D eigenvalue weighted by atomic mass is 10.1. The van der Waals surface area contributed by atoms with E-state index in [1.807, 2.05) is 4.90 Å². The van der Waals surface area contributed by atoms with Crippen LogP contribution in [0, 0.1) is 5.92 Å². The van der Waals surface area contributed by atoms with E-state index in [2.05, 4.69) is 5.32 Å². The summed E-state index contributed by atoms with van der Waals surface area (Å²) in [7, 11) is 0. The molecule has 0 aromatic rings. The van der Waals surface area contributed by atoms with E-state index in [0.29, 0.717) is 0 Å². The fourth-order valence-electron chi connectivity index (χ4n) is 1.93. The van der Waals surface area contributed by atoms with Gasteiger partial charge in [-0.3, -0.25) is 4.79 Å². The van der Waals surface area contributed by atoms with E-state index in [9.17, 15) is 4.79 Å². The van der Waals surface area contributed by atoms with Crippen LogP contribution in [0.2, 0.25) is 0 Å². The monoisotopic (exact) mass is 197 g/mol. The zero-order valence-electron chi connectivity index (χ0n) is 8.54. The highest BCUT2D eigenvalue weighted by Gasteiger charge is 2.29. The molecule has 0 unspecified atom stereocenters. The van der Waals surface area contributed by atoms with Gasteiger partial charge in [-0.05, 0) is 12.3 Å². The fourth-order valence-corrected chi connectivity index (χ4v) is 1.93. The molecule has 80 valence electrons. The molecule has 1 saturated heterocycles. The number of rotatable bonds is 3. The largest absolute Gasteiger partial charge is 0.339 e. The Hall–Kier alpha value is -0.610. The number of nitrogens with two attached hydrogens (primary N) is 1. The third-order valence-electron chi connectivity index (χ3n) is 3.03. The average Bonchev–Trinajstić information content (AvgIpc) is 3.02. The third-order valence-corrected chi connectivity index (χ3v) is 3.03. The van der Waals surface area contributed by atoms with Crippen molar-refractivity contribution in [2.24, 2.45) is 11.7 Å². The van der Waals surface area contributed by atoms with Crippen LogP contribution in [0.5, 0.6) is 0 Å². The van der Waals surface area contributed by atoms with E-state index >= 15 is 0 Å². The summed E-state index contributed by atoms with van der Waals surface area (Å²) < 4.78 is 0. The van der Waals surface area contributed by atoms with Crippen molar-refractivity contribution < 1.29 is 4.79 Å². The van der Waals surface area contributed by atoms with Gasteiger partial charge in [-0.1, -0.05) is 12.8 Å². The van der Waals surface area contributed by atoms with E-state index in [0.717, 1.165) is 38.5 Å². The summed E-state index contributed by atoms with van der Waals surface area (Å²) >= 11 is 0. The Labute approximate surface area is 84.8 Å². The van der Waals surface area contributed by atoms with Crippen LogP contribution in [0.25, 0.3) is 0 Å². The second kappa shape index (κ2) is 4.28. The number of piperazine rings is 1. The molecule has 3 N–H and O–H groups in total. The van der Waals surface area contributed by atoms with Crippen LogP contribution in [-0.4, -0.2) is 43.0 Å². The van der Waals surface area contributed by atoms with Crippen molar-refractivity contribution in [3.8, 4) is 0 Å². The maximum Gasteiger partial charge on any atom is 0.239 e. The van der Waals surface area contributed by atoms with E-state index in [4.69, 9.17) is 5.73 Å². The lowest BCUT2D eigenvalue weighted by molar-refractivity contribution is -0.133.